The average Bonchev–Trinajstić information content (AvgIpc) is 2.40. The summed E-state index contributed by atoms with van der Waals surface area (Å²) in [4.78, 5) is 11.9. The topological polar surface area (TPSA) is 61.4 Å². The van der Waals surface area contributed by atoms with Crippen molar-refractivity contribution in [3.63, 3.8) is 0 Å². The van der Waals surface area contributed by atoms with Crippen LogP contribution < -0.4 is 10.6 Å². The predicted octanol–water partition coefficient (Wildman–Crippen LogP) is 2.53. The van der Waals surface area contributed by atoms with Gasteiger partial charge in [0.05, 0.1) is 12.2 Å². The van der Waals surface area contributed by atoms with Gasteiger partial charge in [0.15, 0.2) is 0 Å². The summed E-state index contributed by atoms with van der Waals surface area (Å²) in [6.45, 7) is 4.39. The number of anilines is 1. The summed E-state index contributed by atoms with van der Waals surface area (Å²) in [5, 5.41) is 15.1. The Labute approximate surface area is 122 Å². The van der Waals surface area contributed by atoms with Crippen molar-refractivity contribution in [3.05, 3.63) is 28.7 Å². The predicted molar refractivity (Wildman–Crippen MR) is 81.2 cm³/mol. The number of benzene rings is 1. The Hall–Kier alpha value is -0.910. The van der Waals surface area contributed by atoms with E-state index < -0.39 is 0 Å². The molecule has 4 nitrogen and oxygen atoms in total. The van der Waals surface area contributed by atoms with E-state index in [1.807, 2.05) is 38.1 Å². The Morgan fingerprint density at radius 2 is 2.11 bits per heavy atom. The number of amides is 1. The SMILES string of the molecule is CCC(C)(CCO)NCC(=O)Nc1ccccc1Br. The Morgan fingerprint density at radius 3 is 2.68 bits per heavy atom. The minimum absolute atomic E-state index is 0.0930. The molecule has 1 amide bonds. The summed E-state index contributed by atoms with van der Waals surface area (Å²) in [6.07, 6.45) is 1.49. The number of carbonyl (C=O) groups is 1. The molecular weight excluding hydrogens is 308 g/mol. The van der Waals surface area contributed by atoms with Gasteiger partial charge in [0, 0.05) is 16.6 Å². The van der Waals surface area contributed by atoms with Crippen LogP contribution in [-0.2, 0) is 4.79 Å². The summed E-state index contributed by atoms with van der Waals surface area (Å²) in [7, 11) is 0. The second-order valence-electron chi connectivity index (χ2n) is 4.77. The Balaban J connectivity index is 2.50. The number of rotatable bonds is 7. The van der Waals surface area contributed by atoms with Crippen LogP contribution >= 0.6 is 15.9 Å². The molecule has 1 rings (SSSR count). The summed E-state index contributed by atoms with van der Waals surface area (Å²) in [5.41, 5.74) is 0.551. The smallest absolute Gasteiger partial charge is 0.238 e. The normalized spacial score (nSPS) is 13.9. The lowest BCUT2D eigenvalue weighted by molar-refractivity contribution is -0.115. The zero-order valence-corrected chi connectivity index (χ0v) is 13.0. The number of para-hydroxylation sites is 1. The van der Waals surface area contributed by atoms with E-state index in [1.165, 1.54) is 0 Å². The maximum absolute atomic E-state index is 11.9. The molecule has 1 aromatic carbocycles. The molecule has 106 valence electrons. The van der Waals surface area contributed by atoms with Gasteiger partial charge in [-0.15, -0.1) is 0 Å². The summed E-state index contributed by atoms with van der Waals surface area (Å²) in [6, 6.07) is 7.49. The van der Waals surface area contributed by atoms with Gasteiger partial charge in [-0.2, -0.15) is 0 Å². The number of halogens is 1. The lowest BCUT2D eigenvalue weighted by atomic mass is 9.95. The summed E-state index contributed by atoms with van der Waals surface area (Å²) in [5.74, 6) is -0.0930. The third kappa shape index (κ3) is 5.30. The molecule has 1 atom stereocenters. The molecular formula is C14H21BrN2O2. The number of hydrogen-bond donors (Lipinski definition) is 3. The van der Waals surface area contributed by atoms with Gasteiger partial charge < -0.3 is 15.7 Å². The van der Waals surface area contributed by atoms with Crippen molar-refractivity contribution in [2.75, 3.05) is 18.5 Å². The summed E-state index contributed by atoms with van der Waals surface area (Å²) >= 11 is 3.39. The zero-order chi connectivity index (χ0) is 14.3. The number of aliphatic hydroxyl groups excluding tert-OH is 1. The molecule has 0 heterocycles. The van der Waals surface area contributed by atoms with Crippen LogP contribution in [0.1, 0.15) is 26.7 Å². The van der Waals surface area contributed by atoms with E-state index in [-0.39, 0.29) is 24.6 Å². The highest BCUT2D eigenvalue weighted by atomic mass is 79.9. The van der Waals surface area contributed by atoms with Crippen LogP contribution in [0.2, 0.25) is 0 Å². The minimum atomic E-state index is -0.208. The van der Waals surface area contributed by atoms with E-state index >= 15 is 0 Å². The highest BCUT2D eigenvalue weighted by molar-refractivity contribution is 9.10. The Morgan fingerprint density at radius 1 is 1.42 bits per heavy atom. The molecule has 0 radical (unpaired) electrons. The third-order valence-corrected chi connectivity index (χ3v) is 3.96. The van der Waals surface area contributed by atoms with E-state index in [9.17, 15) is 4.79 Å². The average molecular weight is 329 g/mol. The second kappa shape index (κ2) is 7.62. The van der Waals surface area contributed by atoms with Gasteiger partial charge in [-0.05, 0) is 47.8 Å². The summed E-state index contributed by atoms with van der Waals surface area (Å²) < 4.78 is 0.858. The maximum atomic E-state index is 11.9. The van der Waals surface area contributed by atoms with Crippen molar-refractivity contribution >= 4 is 27.5 Å². The van der Waals surface area contributed by atoms with Crippen molar-refractivity contribution in [1.29, 1.82) is 0 Å². The van der Waals surface area contributed by atoms with Crippen LogP contribution in [0, 0.1) is 0 Å². The second-order valence-corrected chi connectivity index (χ2v) is 5.62. The van der Waals surface area contributed by atoms with Crippen molar-refractivity contribution in [2.45, 2.75) is 32.2 Å². The molecule has 0 aliphatic heterocycles. The first kappa shape index (κ1) is 16.1. The molecule has 1 unspecified atom stereocenters. The first-order valence-electron chi connectivity index (χ1n) is 6.41. The van der Waals surface area contributed by atoms with E-state index in [4.69, 9.17) is 5.11 Å². The first-order chi connectivity index (χ1) is 9.00. The molecule has 0 bridgehead atoms. The monoisotopic (exact) mass is 328 g/mol. The van der Waals surface area contributed by atoms with Crippen LogP contribution in [0.25, 0.3) is 0 Å². The number of nitrogens with one attached hydrogen (secondary N) is 2. The van der Waals surface area contributed by atoms with Crippen LogP contribution in [0.5, 0.6) is 0 Å². The number of carbonyl (C=O) groups excluding carboxylic acids is 1. The van der Waals surface area contributed by atoms with E-state index in [1.54, 1.807) is 0 Å². The minimum Gasteiger partial charge on any atom is -0.396 e. The first-order valence-corrected chi connectivity index (χ1v) is 7.20. The van der Waals surface area contributed by atoms with Gasteiger partial charge in [0.2, 0.25) is 5.91 Å². The van der Waals surface area contributed by atoms with Gasteiger partial charge >= 0.3 is 0 Å². The van der Waals surface area contributed by atoms with Crippen molar-refractivity contribution < 1.29 is 9.90 Å². The molecule has 0 aliphatic rings. The third-order valence-electron chi connectivity index (χ3n) is 3.27. The number of aliphatic hydroxyl groups is 1. The highest BCUT2D eigenvalue weighted by Crippen LogP contribution is 2.21. The zero-order valence-electron chi connectivity index (χ0n) is 11.4. The quantitative estimate of drug-likeness (QED) is 0.720. The molecule has 0 saturated carbocycles. The van der Waals surface area contributed by atoms with Crippen LogP contribution in [0.15, 0.2) is 28.7 Å². The molecule has 0 aromatic heterocycles. The van der Waals surface area contributed by atoms with Gasteiger partial charge in [0.25, 0.3) is 0 Å². The van der Waals surface area contributed by atoms with Crippen molar-refractivity contribution in [1.82, 2.24) is 5.32 Å². The van der Waals surface area contributed by atoms with Crippen molar-refractivity contribution in [2.24, 2.45) is 0 Å². The Bertz CT molecular complexity index is 426. The molecule has 0 spiro atoms. The standard InChI is InChI=1S/C14H21BrN2O2/c1-3-14(2,8-9-18)16-10-13(19)17-12-7-5-4-6-11(12)15/h4-7,16,18H,3,8-10H2,1-2H3,(H,17,19). The Kier molecular flexibility index (Phi) is 6.48. The fraction of sp³-hybridized carbons (Fsp3) is 0.500. The molecule has 0 aliphatic carbocycles. The van der Waals surface area contributed by atoms with Gasteiger partial charge in [-0.3, -0.25) is 4.79 Å². The van der Waals surface area contributed by atoms with Gasteiger partial charge in [0.1, 0.15) is 0 Å². The lowest BCUT2D eigenvalue weighted by Gasteiger charge is -2.28. The van der Waals surface area contributed by atoms with E-state index in [2.05, 4.69) is 26.6 Å². The maximum Gasteiger partial charge on any atom is 0.238 e. The fourth-order valence-electron chi connectivity index (χ4n) is 1.69. The van der Waals surface area contributed by atoms with Crippen LogP contribution in [0.4, 0.5) is 5.69 Å². The lowest BCUT2D eigenvalue weighted by Crippen LogP contribution is -2.46. The number of hydrogen-bond acceptors (Lipinski definition) is 3. The van der Waals surface area contributed by atoms with Crippen LogP contribution in [0.3, 0.4) is 0 Å². The largest absolute Gasteiger partial charge is 0.396 e. The molecule has 3 N–H and O–H groups in total. The molecule has 5 heteroatoms. The highest BCUT2D eigenvalue weighted by Gasteiger charge is 2.21. The van der Waals surface area contributed by atoms with Gasteiger partial charge in [-0.25, -0.2) is 0 Å². The molecule has 0 saturated heterocycles. The van der Waals surface area contributed by atoms with Crippen molar-refractivity contribution in [3.8, 4) is 0 Å². The van der Waals surface area contributed by atoms with E-state index in [0.29, 0.717) is 6.42 Å². The molecule has 19 heavy (non-hydrogen) atoms. The van der Waals surface area contributed by atoms with E-state index in [0.717, 1.165) is 16.6 Å². The fourth-order valence-corrected chi connectivity index (χ4v) is 2.07. The van der Waals surface area contributed by atoms with Crippen LogP contribution in [-0.4, -0.2) is 29.7 Å². The van der Waals surface area contributed by atoms with Gasteiger partial charge in [-0.1, -0.05) is 19.1 Å². The molecule has 0 fully saturated rings. The molecule has 1 aromatic rings.